The number of imidazole rings is 1. The van der Waals surface area contributed by atoms with Crippen LogP contribution in [0.4, 0.5) is 5.95 Å². The summed E-state index contributed by atoms with van der Waals surface area (Å²) in [6.07, 6.45) is 11.9. The van der Waals surface area contributed by atoms with E-state index in [1.54, 1.807) is 0 Å². The fraction of sp³-hybridized carbons (Fsp3) is 0.381. The normalized spacial score (nSPS) is 22.7. The SMILES string of the molecule is c1cnc(N2C[C@@H]3CC[C@H](C2)N(Cc2ccc(-n4ccnc4)cc2)C3)nc1. The molecule has 3 aromatic rings. The highest BCUT2D eigenvalue weighted by atomic mass is 15.3. The van der Waals surface area contributed by atoms with Crippen molar-refractivity contribution in [1.29, 1.82) is 0 Å². The molecule has 6 nitrogen and oxygen atoms in total. The Hall–Kier alpha value is -2.73. The lowest BCUT2D eigenvalue weighted by atomic mass is 9.94. The molecule has 3 fully saturated rings. The molecule has 0 spiro atoms. The number of benzene rings is 1. The Morgan fingerprint density at radius 3 is 2.56 bits per heavy atom. The van der Waals surface area contributed by atoms with Crippen molar-refractivity contribution in [1.82, 2.24) is 24.4 Å². The fourth-order valence-corrected chi connectivity index (χ4v) is 4.41. The van der Waals surface area contributed by atoms with Crippen LogP contribution in [0.1, 0.15) is 18.4 Å². The molecule has 138 valence electrons. The Kier molecular flexibility index (Phi) is 4.33. The summed E-state index contributed by atoms with van der Waals surface area (Å²) in [7, 11) is 0. The topological polar surface area (TPSA) is 50.1 Å². The summed E-state index contributed by atoms with van der Waals surface area (Å²) in [6.45, 7) is 4.26. The van der Waals surface area contributed by atoms with Crippen molar-refractivity contribution in [3.63, 3.8) is 0 Å². The highest BCUT2D eigenvalue weighted by Crippen LogP contribution is 2.30. The van der Waals surface area contributed by atoms with Gasteiger partial charge in [0.2, 0.25) is 5.95 Å². The molecule has 5 heterocycles. The van der Waals surface area contributed by atoms with Crippen LogP contribution in [0.15, 0.2) is 61.4 Å². The molecule has 0 radical (unpaired) electrons. The zero-order valence-electron chi connectivity index (χ0n) is 15.4. The van der Waals surface area contributed by atoms with Gasteiger partial charge in [0.1, 0.15) is 0 Å². The Morgan fingerprint density at radius 1 is 0.926 bits per heavy atom. The third-order valence-corrected chi connectivity index (χ3v) is 5.79. The summed E-state index contributed by atoms with van der Waals surface area (Å²) in [5, 5.41) is 0. The second-order valence-electron chi connectivity index (χ2n) is 7.62. The number of piperidine rings is 1. The lowest BCUT2D eigenvalue weighted by Gasteiger charge is -2.36. The quantitative estimate of drug-likeness (QED) is 0.716. The largest absolute Gasteiger partial charge is 0.339 e. The van der Waals surface area contributed by atoms with Crippen LogP contribution in [-0.4, -0.2) is 50.1 Å². The molecule has 0 aliphatic carbocycles. The maximum atomic E-state index is 4.47. The van der Waals surface area contributed by atoms with Gasteiger partial charge in [0.15, 0.2) is 0 Å². The van der Waals surface area contributed by atoms with E-state index in [2.05, 4.69) is 49.0 Å². The summed E-state index contributed by atoms with van der Waals surface area (Å²) in [5.41, 5.74) is 2.52. The van der Waals surface area contributed by atoms with Crippen LogP contribution in [0.25, 0.3) is 5.69 Å². The van der Waals surface area contributed by atoms with Crippen LogP contribution in [-0.2, 0) is 6.54 Å². The van der Waals surface area contributed by atoms with E-state index in [4.69, 9.17) is 0 Å². The number of fused-ring (bicyclic) bond motifs is 4. The number of anilines is 1. The molecule has 0 saturated carbocycles. The van der Waals surface area contributed by atoms with Crippen LogP contribution >= 0.6 is 0 Å². The molecule has 6 rings (SSSR count). The van der Waals surface area contributed by atoms with Crippen LogP contribution in [0, 0.1) is 5.92 Å². The summed E-state index contributed by atoms with van der Waals surface area (Å²) < 4.78 is 2.04. The van der Waals surface area contributed by atoms with E-state index in [0.717, 1.165) is 37.8 Å². The minimum Gasteiger partial charge on any atom is -0.339 e. The van der Waals surface area contributed by atoms with Crippen molar-refractivity contribution in [2.24, 2.45) is 5.92 Å². The third-order valence-electron chi connectivity index (χ3n) is 5.79. The van der Waals surface area contributed by atoms with Gasteiger partial charge in [-0.2, -0.15) is 0 Å². The van der Waals surface area contributed by atoms with Crippen LogP contribution in [0.2, 0.25) is 0 Å². The van der Waals surface area contributed by atoms with E-state index in [-0.39, 0.29) is 0 Å². The highest BCUT2D eigenvalue weighted by Gasteiger charge is 2.35. The molecule has 0 amide bonds. The average Bonchev–Trinajstić information content (AvgIpc) is 3.11. The number of nitrogens with zero attached hydrogens (tertiary/aromatic N) is 6. The van der Waals surface area contributed by atoms with Gasteiger partial charge in [-0.15, -0.1) is 0 Å². The van der Waals surface area contributed by atoms with Gasteiger partial charge in [-0.1, -0.05) is 12.1 Å². The molecule has 2 bridgehead atoms. The minimum absolute atomic E-state index is 0.570. The Bertz CT molecular complexity index is 861. The van der Waals surface area contributed by atoms with E-state index in [0.29, 0.717) is 12.0 Å². The van der Waals surface area contributed by atoms with Crippen molar-refractivity contribution >= 4 is 5.95 Å². The zero-order chi connectivity index (χ0) is 18.1. The monoisotopic (exact) mass is 360 g/mol. The maximum absolute atomic E-state index is 4.47. The fourth-order valence-electron chi connectivity index (χ4n) is 4.41. The molecular formula is C21H24N6. The van der Waals surface area contributed by atoms with E-state index < -0.39 is 0 Å². The number of rotatable bonds is 4. The van der Waals surface area contributed by atoms with Crippen LogP contribution in [0.3, 0.4) is 0 Å². The van der Waals surface area contributed by atoms with Gasteiger partial charge in [0.25, 0.3) is 0 Å². The summed E-state index contributed by atoms with van der Waals surface area (Å²) in [6, 6.07) is 11.3. The number of hydrogen-bond acceptors (Lipinski definition) is 5. The van der Waals surface area contributed by atoms with Crippen molar-refractivity contribution in [3.8, 4) is 5.69 Å². The first-order valence-corrected chi connectivity index (χ1v) is 9.68. The van der Waals surface area contributed by atoms with Gasteiger partial charge in [-0.05, 0) is 42.5 Å². The lowest BCUT2D eigenvalue weighted by Crippen LogP contribution is -2.43. The molecule has 2 atom stereocenters. The second kappa shape index (κ2) is 7.12. The molecular weight excluding hydrogens is 336 g/mol. The van der Waals surface area contributed by atoms with Gasteiger partial charge in [0, 0.05) is 62.7 Å². The van der Waals surface area contributed by atoms with E-state index in [1.807, 2.05) is 41.7 Å². The van der Waals surface area contributed by atoms with Gasteiger partial charge < -0.3 is 9.47 Å². The van der Waals surface area contributed by atoms with Crippen molar-refractivity contribution in [3.05, 3.63) is 67.0 Å². The van der Waals surface area contributed by atoms with E-state index in [9.17, 15) is 0 Å². The summed E-state index contributed by atoms with van der Waals surface area (Å²) in [5.74, 6) is 1.57. The van der Waals surface area contributed by atoms with Crippen molar-refractivity contribution < 1.29 is 0 Å². The van der Waals surface area contributed by atoms with Crippen molar-refractivity contribution in [2.75, 3.05) is 24.5 Å². The third kappa shape index (κ3) is 3.45. The Labute approximate surface area is 159 Å². The first-order chi connectivity index (χ1) is 13.3. The van der Waals surface area contributed by atoms with Gasteiger partial charge >= 0.3 is 0 Å². The van der Waals surface area contributed by atoms with E-state index in [1.165, 1.54) is 18.4 Å². The minimum atomic E-state index is 0.570. The standard InChI is InChI=1S/C21H24N6/c1-8-23-21(24-9-1)27-14-18-4-7-20(15-27)26(13-18)12-17-2-5-19(6-3-17)25-11-10-22-16-25/h1-3,5-6,8-11,16,18,20H,4,7,12-15H2/t18-,20-/m1/s1. The van der Waals surface area contributed by atoms with E-state index >= 15 is 0 Å². The first kappa shape index (κ1) is 16.4. The first-order valence-electron chi connectivity index (χ1n) is 9.68. The Morgan fingerprint density at radius 2 is 1.78 bits per heavy atom. The predicted molar refractivity (Wildman–Crippen MR) is 105 cm³/mol. The molecule has 3 aliphatic rings. The molecule has 3 saturated heterocycles. The van der Waals surface area contributed by atoms with Gasteiger partial charge in [-0.25, -0.2) is 15.0 Å². The molecule has 2 aromatic heterocycles. The van der Waals surface area contributed by atoms with Gasteiger partial charge in [0.05, 0.1) is 6.33 Å². The summed E-state index contributed by atoms with van der Waals surface area (Å²) >= 11 is 0. The molecule has 3 aliphatic heterocycles. The predicted octanol–water partition coefficient (Wildman–Crippen LogP) is 2.76. The number of aromatic nitrogens is 4. The highest BCUT2D eigenvalue weighted by molar-refractivity contribution is 5.35. The second-order valence-corrected chi connectivity index (χ2v) is 7.62. The molecule has 27 heavy (non-hydrogen) atoms. The molecule has 6 heteroatoms. The smallest absolute Gasteiger partial charge is 0.225 e. The molecule has 1 aromatic carbocycles. The lowest BCUT2D eigenvalue weighted by molar-refractivity contribution is 0.126. The van der Waals surface area contributed by atoms with Crippen LogP contribution < -0.4 is 4.90 Å². The Balaban J connectivity index is 1.30. The average molecular weight is 360 g/mol. The summed E-state index contributed by atoms with van der Waals surface area (Å²) in [4.78, 5) is 18.1. The molecule has 0 N–H and O–H groups in total. The molecule has 0 unspecified atom stereocenters. The maximum Gasteiger partial charge on any atom is 0.225 e. The zero-order valence-corrected chi connectivity index (χ0v) is 15.4. The van der Waals surface area contributed by atoms with Crippen molar-refractivity contribution in [2.45, 2.75) is 25.4 Å². The van der Waals surface area contributed by atoms with Gasteiger partial charge in [-0.3, -0.25) is 4.90 Å². The van der Waals surface area contributed by atoms with Crippen LogP contribution in [0.5, 0.6) is 0 Å². The number of hydrogen-bond donors (Lipinski definition) is 0.